The summed E-state index contributed by atoms with van der Waals surface area (Å²) in [7, 11) is 0. The first-order valence-corrected chi connectivity index (χ1v) is 6.33. The summed E-state index contributed by atoms with van der Waals surface area (Å²) in [5.74, 6) is -0.226. The van der Waals surface area contributed by atoms with Gasteiger partial charge in [-0.1, -0.05) is 0 Å². The number of amides is 1. The molecule has 0 aliphatic carbocycles. The minimum Gasteiger partial charge on any atom is -0.354 e. The van der Waals surface area contributed by atoms with Crippen LogP contribution in [0, 0.1) is 0 Å². The summed E-state index contributed by atoms with van der Waals surface area (Å²) in [5, 5.41) is 12.3. The molecule has 0 unspecified atom stereocenters. The van der Waals surface area contributed by atoms with Crippen LogP contribution in [0.4, 0.5) is 0 Å². The molecule has 0 aromatic heterocycles. The van der Waals surface area contributed by atoms with Crippen LogP contribution >= 0.6 is 0 Å². The van der Waals surface area contributed by atoms with Crippen LogP contribution in [0.5, 0.6) is 0 Å². The molecule has 0 aromatic rings. The molecule has 0 heterocycles. The Balaban J connectivity index is 3.03. The first kappa shape index (κ1) is 17.0. The average molecular weight is 259 g/mol. The number of nitrogens with one attached hydrogen (secondary N) is 4. The molecule has 0 aromatic carbocycles. The summed E-state index contributed by atoms with van der Waals surface area (Å²) in [6, 6.07) is 0. The van der Waals surface area contributed by atoms with E-state index >= 15 is 0 Å². The molecule has 0 fully saturated rings. The van der Waals surface area contributed by atoms with E-state index in [0.717, 1.165) is 32.7 Å². The summed E-state index contributed by atoms with van der Waals surface area (Å²) in [6.07, 6.45) is 0.544. The summed E-state index contributed by atoms with van der Waals surface area (Å²) in [5.41, 5.74) is 5.34. The number of carbonyl (C=O) groups excluding carboxylic acids is 2. The van der Waals surface area contributed by atoms with Crippen LogP contribution in [0.25, 0.3) is 0 Å². The lowest BCUT2D eigenvalue weighted by Crippen LogP contribution is -2.37. The Morgan fingerprint density at radius 1 is 0.889 bits per heavy atom. The number of hydrogen-bond acceptors (Lipinski definition) is 6. The second-order valence-corrected chi connectivity index (χ2v) is 3.76. The van der Waals surface area contributed by atoms with Crippen LogP contribution in [0.15, 0.2) is 0 Å². The van der Waals surface area contributed by atoms with E-state index in [2.05, 4.69) is 21.3 Å². The van der Waals surface area contributed by atoms with E-state index in [1.54, 1.807) is 0 Å². The zero-order chi connectivity index (χ0) is 13.5. The van der Waals surface area contributed by atoms with E-state index in [-0.39, 0.29) is 12.3 Å². The van der Waals surface area contributed by atoms with Gasteiger partial charge in [0.1, 0.15) is 6.29 Å². The lowest BCUT2D eigenvalue weighted by Gasteiger charge is -2.07. The Labute approximate surface area is 108 Å². The van der Waals surface area contributed by atoms with Crippen LogP contribution in [0.1, 0.15) is 6.42 Å². The number of aldehydes is 1. The monoisotopic (exact) mass is 259 g/mol. The largest absolute Gasteiger partial charge is 0.354 e. The van der Waals surface area contributed by atoms with Crippen molar-refractivity contribution < 1.29 is 9.59 Å². The highest BCUT2D eigenvalue weighted by molar-refractivity contribution is 5.87. The van der Waals surface area contributed by atoms with E-state index in [0.29, 0.717) is 25.9 Å². The number of hydrogen-bond donors (Lipinski definition) is 5. The quantitative estimate of drug-likeness (QED) is 0.141. The lowest BCUT2D eigenvalue weighted by molar-refractivity contribution is -0.123. The van der Waals surface area contributed by atoms with Gasteiger partial charge < -0.3 is 31.8 Å². The van der Waals surface area contributed by atoms with Gasteiger partial charge in [0.2, 0.25) is 5.91 Å². The third kappa shape index (κ3) is 13.0. The van der Waals surface area contributed by atoms with Gasteiger partial charge in [0.05, 0.1) is 6.42 Å². The summed E-state index contributed by atoms with van der Waals surface area (Å²) >= 11 is 0. The molecular formula is C11H25N5O2. The SMILES string of the molecule is NCCNCCNCCNCCNC(=O)CC=O. The highest BCUT2D eigenvalue weighted by Gasteiger charge is 1.97. The predicted molar refractivity (Wildman–Crippen MR) is 71.4 cm³/mol. The fourth-order valence-corrected chi connectivity index (χ4v) is 1.27. The molecule has 18 heavy (non-hydrogen) atoms. The molecule has 0 aliphatic rings. The van der Waals surface area contributed by atoms with Crippen molar-refractivity contribution in [2.75, 3.05) is 52.4 Å². The van der Waals surface area contributed by atoms with Gasteiger partial charge in [-0.25, -0.2) is 0 Å². The molecule has 0 bridgehead atoms. The van der Waals surface area contributed by atoms with E-state index in [9.17, 15) is 9.59 Å². The van der Waals surface area contributed by atoms with E-state index in [1.807, 2.05) is 0 Å². The Bertz CT molecular complexity index is 214. The van der Waals surface area contributed by atoms with Crippen molar-refractivity contribution in [3.8, 4) is 0 Å². The molecule has 0 rings (SSSR count). The van der Waals surface area contributed by atoms with Crippen LogP contribution in [0.3, 0.4) is 0 Å². The predicted octanol–water partition coefficient (Wildman–Crippen LogP) is -2.58. The third-order valence-electron chi connectivity index (χ3n) is 2.17. The van der Waals surface area contributed by atoms with Gasteiger partial charge in [-0.05, 0) is 0 Å². The van der Waals surface area contributed by atoms with Crippen molar-refractivity contribution in [2.45, 2.75) is 6.42 Å². The minimum absolute atomic E-state index is 0.0582. The Hall–Kier alpha value is -1.02. The van der Waals surface area contributed by atoms with Crippen molar-refractivity contribution in [3.05, 3.63) is 0 Å². The summed E-state index contributed by atoms with van der Waals surface area (Å²) in [6.45, 7) is 6.32. The number of carbonyl (C=O) groups is 2. The molecule has 106 valence electrons. The Kier molecular flexibility index (Phi) is 13.2. The maximum absolute atomic E-state index is 10.9. The Morgan fingerprint density at radius 2 is 1.39 bits per heavy atom. The van der Waals surface area contributed by atoms with Gasteiger partial charge in [0, 0.05) is 52.4 Å². The highest BCUT2D eigenvalue weighted by Crippen LogP contribution is 1.71. The van der Waals surface area contributed by atoms with Crippen molar-refractivity contribution in [1.82, 2.24) is 21.3 Å². The standard InChI is InChI=1S/C11H25N5O2/c12-2-3-13-4-5-14-6-7-15-8-9-16-11(18)1-10-17/h10,13-15H,1-9,12H2,(H,16,18). The second-order valence-electron chi connectivity index (χ2n) is 3.76. The van der Waals surface area contributed by atoms with Crippen molar-refractivity contribution in [3.63, 3.8) is 0 Å². The van der Waals surface area contributed by atoms with Gasteiger partial charge >= 0.3 is 0 Å². The molecule has 1 amide bonds. The molecule has 0 spiro atoms. The lowest BCUT2D eigenvalue weighted by atomic mass is 10.4. The molecule has 0 atom stereocenters. The van der Waals surface area contributed by atoms with Crippen LogP contribution in [-0.2, 0) is 9.59 Å². The van der Waals surface area contributed by atoms with Crippen molar-refractivity contribution in [2.24, 2.45) is 5.73 Å². The summed E-state index contributed by atoms with van der Waals surface area (Å²) in [4.78, 5) is 20.9. The summed E-state index contributed by atoms with van der Waals surface area (Å²) < 4.78 is 0. The average Bonchev–Trinajstić information content (AvgIpc) is 2.36. The number of nitrogens with two attached hydrogens (primary N) is 1. The van der Waals surface area contributed by atoms with E-state index in [4.69, 9.17) is 5.73 Å². The maximum Gasteiger partial charge on any atom is 0.227 e. The molecule has 6 N–H and O–H groups in total. The van der Waals surface area contributed by atoms with Crippen LogP contribution < -0.4 is 27.0 Å². The molecule has 7 nitrogen and oxygen atoms in total. The fourth-order valence-electron chi connectivity index (χ4n) is 1.27. The van der Waals surface area contributed by atoms with E-state index in [1.165, 1.54) is 0 Å². The molecule has 0 aliphatic heterocycles. The molecule has 7 heteroatoms. The van der Waals surface area contributed by atoms with E-state index < -0.39 is 0 Å². The minimum atomic E-state index is -0.226. The van der Waals surface area contributed by atoms with Crippen molar-refractivity contribution >= 4 is 12.2 Å². The first-order chi connectivity index (χ1) is 8.81. The molecular weight excluding hydrogens is 234 g/mol. The molecule has 0 saturated carbocycles. The molecule has 0 saturated heterocycles. The smallest absolute Gasteiger partial charge is 0.227 e. The second kappa shape index (κ2) is 14.0. The van der Waals surface area contributed by atoms with Gasteiger partial charge in [-0.3, -0.25) is 4.79 Å². The third-order valence-corrected chi connectivity index (χ3v) is 2.17. The van der Waals surface area contributed by atoms with Crippen LogP contribution in [-0.4, -0.2) is 64.6 Å². The molecule has 0 radical (unpaired) electrons. The fraction of sp³-hybridized carbons (Fsp3) is 0.818. The van der Waals surface area contributed by atoms with Gasteiger partial charge in [-0.2, -0.15) is 0 Å². The van der Waals surface area contributed by atoms with Crippen LogP contribution in [0.2, 0.25) is 0 Å². The highest BCUT2D eigenvalue weighted by atomic mass is 16.2. The zero-order valence-electron chi connectivity index (χ0n) is 10.8. The normalized spacial score (nSPS) is 10.3. The zero-order valence-corrected chi connectivity index (χ0v) is 10.8. The van der Waals surface area contributed by atoms with Gasteiger partial charge in [0.25, 0.3) is 0 Å². The van der Waals surface area contributed by atoms with Gasteiger partial charge in [-0.15, -0.1) is 0 Å². The Morgan fingerprint density at radius 3 is 1.89 bits per heavy atom. The maximum atomic E-state index is 10.9. The first-order valence-electron chi connectivity index (χ1n) is 6.33. The van der Waals surface area contributed by atoms with Gasteiger partial charge in [0.15, 0.2) is 0 Å². The number of rotatable bonds is 13. The van der Waals surface area contributed by atoms with Crippen molar-refractivity contribution in [1.29, 1.82) is 0 Å². The topological polar surface area (TPSA) is 108 Å².